The average Bonchev–Trinajstić information content (AvgIpc) is 2.51. The molecule has 0 aromatic carbocycles. The van der Waals surface area contributed by atoms with Gasteiger partial charge in [0.2, 0.25) is 5.15 Å². The van der Waals surface area contributed by atoms with E-state index in [1.165, 1.54) is 4.68 Å². The molecule has 0 spiro atoms. The third kappa shape index (κ3) is 3.17. The molecule has 1 heterocycles. The van der Waals surface area contributed by atoms with E-state index in [4.69, 9.17) is 16.9 Å². The summed E-state index contributed by atoms with van der Waals surface area (Å²) >= 11 is 5.89. The molecule has 6 nitrogen and oxygen atoms in total. The van der Waals surface area contributed by atoms with Crippen molar-refractivity contribution in [2.45, 2.75) is 33.2 Å². The standard InChI is InChI=1S/C10H13ClN4O2/c1-7(2)6-8-9(15(16)17)10(11)14(13-8)5-3-4-12/h7H,3,5-6H2,1-2H3. The van der Waals surface area contributed by atoms with Crippen molar-refractivity contribution in [3.05, 3.63) is 21.0 Å². The summed E-state index contributed by atoms with van der Waals surface area (Å²) < 4.78 is 1.32. The lowest BCUT2D eigenvalue weighted by Crippen LogP contribution is -2.01. The van der Waals surface area contributed by atoms with Crippen LogP contribution in [0.4, 0.5) is 5.69 Å². The van der Waals surface area contributed by atoms with Crippen molar-refractivity contribution < 1.29 is 4.92 Å². The van der Waals surface area contributed by atoms with Crippen LogP contribution < -0.4 is 0 Å². The minimum atomic E-state index is -0.518. The van der Waals surface area contributed by atoms with Crippen LogP contribution >= 0.6 is 11.6 Å². The molecule has 0 aliphatic rings. The van der Waals surface area contributed by atoms with Crippen LogP contribution in [0.1, 0.15) is 26.0 Å². The predicted molar refractivity (Wildman–Crippen MR) is 62.7 cm³/mol. The van der Waals surface area contributed by atoms with Crippen molar-refractivity contribution in [3.63, 3.8) is 0 Å². The zero-order valence-electron chi connectivity index (χ0n) is 9.68. The number of aryl methyl sites for hydroxylation is 1. The lowest BCUT2D eigenvalue weighted by Gasteiger charge is -1.99. The SMILES string of the molecule is CC(C)Cc1nn(CCC#N)c(Cl)c1[N+](=O)[O-]. The van der Waals surface area contributed by atoms with E-state index in [9.17, 15) is 10.1 Å². The van der Waals surface area contributed by atoms with Crippen LogP contribution in [0.5, 0.6) is 0 Å². The van der Waals surface area contributed by atoms with Gasteiger partial charge in [-0.1, -0.05) is 25.4 Å². The van der Waals surface area contributed by atoms with E-state index in [1.807, 2.05) is 19.9 Å². The minimum Gasteiger partial charge on any atom is -0.258 e. The molecule has 1 aromatic heterocycles. The number of hydrogen-bond acceptors (Lipinski definition) is 4. The smallest absolute Gasteiger partial charge is 0.258 e. The summed E-state index contributed by atoms with van der Waals surface area (Å²) in [4.78, 5) is 10.4. The molecule has 0 aliphatic heterocycles. The molecule has 1 rings (SSSR count). The van der Waals surface area contributed by atoms with E-state index >= 15 is 0 Å². The van der Waals surface area contributed by atoms with Gasteiger partial charge in [0.15, 0.2) is 0 Å². The molecule has 1 aromatic rings. The second-order valence-corrected chi connectivity index (χ2v) is 4.43. The van der Waals surface area contributed by atoms with Crippen LogP contribution in [-0.2, 0) is 13.0 Å². The highest BCUT2D eigenvalue weighted by Gasteiger charge is 2.26. The third-order valence-electron chi connectivity index (χ3n) is 2.16. The summed E-state index contributed by atoms with van der Waals surface area (Å²) in [6, 6.07) is 1.95. The van der Waals surface area contributed by atoms with E-state index in [1.54, 1.807) is 0 Å². The lowest BCUT2D eigenvalue weighted by atomic mass is 10.1. The molecule has 0 aliphatic carbocycles. The van der Waals surface area contributed by atoms with Gasteiger partial charge in [-0.3, -0.25) is 10.1 Å². The van der Waals surface area contributed by atoms with Gasteiger partial charge in [0, 0.05) is 6.42 Å². The van der Waals surface area contributed by atoms with Gasteiger partial charge >= 0.3 is 5.69 Å². The van der Waals surface area contributed by atoms with Crippen LogP contribution in [0.3, 0.4) is 0 Å². The highest BCUT2D eigenvalue weighted by Crippen LogP contribution is 2.30. The summed E-state index contributed by atoms with van der Waals surface area (Å²) in [6.07, 6.45) is 0.718. The van der Waals surface area contributed by atoms with Gasteiger partial charge in [0.05, 0.1) is 24.0 Å². The van der Waals surface area contributed by atoms with Crippen molar-refractivity contribution in [2.24, 2.45) is 5.92 Å². The number of hydrogen-bond donors (Lipinski definition) is 0. The fraction of sp³-hybridized carbons (Fsp3) is 0.600. The van der Waals surface area contributed by atoms with Crippen molar-refractivity contribution in [3.8, 4) is 6.07 Å². The van der Waals surface area contributed by atoms with E-state index in [-0.39, 0.29) is 29.7 Å². The van der Waals surface area contributed by atoms with Crippen LogP contribution in [-0.4, -0.2) is 14.7 Å². The van der Waals surface area contributed by atoms with Crippen molar-refractivity contribution >= 4 is 17.3 Å². The highest BCUT2D eigenvalue weighted by molar-refractivity contribution is 6.31. The van der Waals surface area contributed by atoms with Gasteiger partial charge < -0.3 is 0 Å². The molecule has 0 saturated carbocycles. The Morgan fingerprint density at radius 3 is 2.76 bits per heavy atom. The molecule has 7 heteroatoms. The molecule has 0 amide bonds. The topological polar surface area (TPSA) is 84.8 Å². The number of nitrogens with zero attached hydrogens (tertiary/aromatic N) is 4. The normalized spacial score (nSPS) is 10.5. The summed E-state index contributed by atoms with van der Waals surface area (Å²) in [6.45, 7) is 4.17. The lowest BCUT2D eigenvalue weighted by molar-refractivity contribution is -0.385. The fourth-order valence-corrected chi connectivity index (χ4v) is 1.79. The second-order valence-electron chi connectivity index (χ2n) is 4.07. The molecule has 0 bridgehead atoms. The third-order valence-corrected chi connectivity index (χ3v) is 2.53. The van der Waals surface area contributed by atoms with Crippen LogP contribution in [0.15, 0.2) is 0 Å². The number of nitriles is 1. The molecule has 0 saturated heterocycles. The van der Waals surface area contributed by atoms with E-state index in [2.05, 4.69) is 5.10 Å². The minimum absolute atomic E-state index is 0.000833. The maximum absolute atomic E-state index is 10.9. The molecule has 92 valence electrons. The zero-order valence-corrected chi connectivity index (χ0v) is 10.4. The van der Waals surface area contributed by atoms with Gasteiger partial charge in [-0.25, -0.2) is 4.68 Å². The number of nitro groups is 1. The molecule has 0 unspecified atom stereocenters. The zero-order chi connectivity index (χ0) is 13.0. The maximum atomic E-state index is 10.9. The summed E-state index contributed by atoms with van der Waals surface area (Å²) in [5.41, 5.74) is 0.242. The van der Waals surface area contributed by atoms with Gasteiger partial charge in [0.25, 0.3) is 0 Å². The predicted octanol–water partition coefficient (Wildman–Crippen LogP) is 2.56. The molecule has 0 atom stereocenters. The summed E-state index contributed by atoms with van der Waals surface area (Å²) in [5.74, 6) is 0.254. The number of aromatic nitrogens is 2. The quantitative estimate of drug-likeness (QED) is 0.598. The van der Waals surface area contributed by atoms with E-state index in [0.717, 1.165) is 0 Å². The molecular weight excluding hydrogens is 244 g/mol. The van der Waals surface area contributed by atoms with E-state index < -0.39 is 4.92 Å². The first-order valence-corrected chi connectivity index (χ1v) is 5.61. The van der Waals surface area contributed by atoms with E-state index in [0.29, 0.717) is 12.1 Å². The monoisotopic (exact) mass is 256 g/mol. The Labute approximate surface area is 104 Å². The van der Waals surface area contributed by atoms with Crippen molar-refractivity contribution in [1.82, 2.24) is 9.78 Å². The van der Waals surface area contributed by atoms with Gasteiger partial charge in [-0.2, -0.15) is 10.4 Å². The number of halogens is 1. The molecular formula is C10H13ClN4O2. The van der Waals surface area contributed by atoms with Crippen LogP contribution in [0.2, 0.25) is 5.15 Å². The summed E-state index contributed by atoms with van der Waals surface area (Å²) in [7, 11) is 0. The summed E-state index contributed by atoms with van der Waals surface area (Å²) in [5, 5.41) is 23.5. The largest absolute Gasteiger partial charge is 0.329 e. The fourth-order valence-electron chi connectivity index (χ4n) is 1.49. The average molecular weight is 257 g/mol. The van der Waals surface area contributed by atoms with Crippen LogP contribution in [0.25, 0.3) is 0 Å². The van der Waals surface area contributed by atoms with Gasteiger partial charge in [0.1, 0.15) is 5.69 Å². The Morgan fingerprint density at radius 1 is 1.65 bits per heavy atom. The Bertz CT molecular complexity index is 462. The molecule has 17 heavy (non-hydrogen) atoms. The Morgan fingerprint density at radius 2 is 2.29 bits per heavy atom. The Kier molecular flexibility index (Phi) is 4.46. The first kappa shape index (κ1) is 13.5. The van der Waals surface area contributed by atoms with Gasteiger partial charge in [-0.05, 0) is 5.92 Å². The van der Waals surface area contributed by atoms with Crippen molar-refractivity contribution in [2.75, 3.05) is 0 Å². The molecule has 0 fully saturated rings. The first-order chi connectivity index (χ1) is 7.97. The Balaban J connectivity index is 3.11. The first-order valence-electron chi connectivity index (χ1n) is 5.23. The van der Waals surface area contributed by atoms with Crippen LogP contribution in [0, 0.1) is 27.4 Å². The number of rotatable bonds is 5. The molecule has 0 radical (unpaired) electrons. The maximum Gasteiger partial charge on any atom is 0.329 e. The second kappa shape index (κ2) is 5.64. The van der Waals surface area contributed by atoms with Crippen molar-refractivity contribution in [1.29, 1.82) is 5.26 Å². The highest BCUT2D eigenvalue weighted by atomic mass is 35.5. The van der Waals surface area contributed by atoms with Gasteiger partial charge in [-0.15, -0.1) is 0 Å². The molecule has 0 N–H and O–H groups in total. The Hall–Kier alpha value is -1.61.